The van der Waals surface area contributed by atoms with Crippen molar-refractivity contribution in [3.8, 4) is 5.75 Å². The van der Waals surface area contributed by atoms with Gasteiger partial charge < -0.3 is 19.8 Å². The van der Waals surface area contributed by atoms with E-state index in [9.17, 15) is 4.79 Å². The zero-order chi connectivity index (χ0) is 14.5. The van der Waals surface area contributed by atoms with Gasteiger partial charge in [0.25, 0.3) is 0 Å². The van der Waals surface area contributed by atoms with Crippen molar-refractivity contribution in [1.82, 2.24) is 4.57 Å². The first kappa shape index (κ1) is 14.0. The minimum atomic E-state index is -0.376. The number of carbonyl (C=O) groups excluding carboxylic acids is 1. The van der Waals surface area contributed by atoms with Gasteiger partial charge in [-0.3, -0.25) is 0 Å². The molecular formula is C15H18N2O3. The lowest BCUT2D eigenvalue weighted by Crippen LogP contribution is -2.11. The predicted octanol–water partition coefficient (Wildman–Crippen LogP) is 2.46. The number of anilines is 1. The molecule has 1 aromatic carbocycles. The Balaban J connectivity index is 2.00. The summed E-state index contributed by atoms with van der Waals surface area (Å²) in [5, 5.41) is 0. The summed E-state index contributed by atoms with van der Waals surface area (Å²) in [7, 11) is 1.61. The van der Waals surface area contributed by atoms with Crippen molar-refractivity contribution >= 4 is 11.7 Å². The number of hydrogen-bond acceptors (Lipinski definition) is 4. The summed E-state index contributed by atoms with van der Waals surface area (Å²) in [6.07, 6.45) is 1.73. The van der Waals surface area contributed by atoms with Gasteiger partial charge in [-0.25, -0.2) is 4.79 Å². The van der Waals surface area contributed by atoms with Gasteiger partial charge in [-0.1, -0.05) is 12.1 Å². The fourth-order valence-electron chi connectivity index (χ4n) is 1.91. The van der Waals surface area contributed by atoms with Crippen LogP contribution in [0.15, 0.2) is 36.5 Å². The number of ether oxygens (including phenoxy) is 2. The minimum Gasteiger partial charge on any atom is -0.497 e. The predicted molar refractivity (Wildman–Crippen MR) is 76.6 cm³/mol. The highest BCUT2D eigenvalue weighted by atomic mass is 16.5. The van der Waals surface area contributed by atoms with Gasteiger partial charge >= 0.3 is 5.97 Å². The molecule has 5 nitrogen and oxygen atoms in total. The number of methoxy groups -OCH3 is 1. The molecule has 20 heavy (non-hydrogen) atoms. The van der Waals surface area contributed by atoms with E-state index in [4.69, 9.17) is 15.2 Å². The molecule has 0 bridgehead atoms. The van der Waals surface area contributed by atoms with Gasteiger partial charge in [0, 0.05) is 12.7 Å². The normalized spacial score (nSPS) is 10.3. The van der Waals surface area contributed by atoms with Gasteiger partial charge in [0.15, 0.2) is 0 Å². The summed E-state index contributed by atoms with van der Waals surface area (Å²) >= 11 is 0. The Bertz CT molecular complexity index is 588. The zero-order valence-electron chi connectivity index (χ0n) is 11.6. The van der Waals surface area contributed by atoms with E-state index in [1.165, 1.54) is 0 Å². The van der Waals surface area contributed by atoms with Crippen molar-refractivity contribution in [2.24, 2.45) is 0 Å². The quantitative estimate of drug-likeness (QED) is 0.850. The van der Waals surface area contributed by atoms with Crippen LogP contribution in [0.2, 0.25) is 0 Å². The lowest BCUT2D eigenvalue weighted by molar-refractivity contribution is 0.0460. The summed E-state index contributed by atoms with van der Waals surface area (Å²) in [6, 6.07) is 9.00. The zero-order valence-corrected chi connectivity index (χ0v) is 11.6. The summed E-state index contributed by atoms with van der Waals surface area (Å²) in [5.74, 6) is 0.395. The van der Waals surface area contributed by atoms with E-state index in [2.05, 4.69) is 0 Å². The van der Waals surface area contributed by atoms with E-state index >= 15 is 0 Å². The average Bonchev–Trinajstić information content (AvgIpc) is 2.86. The summed E-state index contributed by atoms with van der Waals surface area (Å²) < 4.78 is 12.1. The van der Waals surface area contributed by atoms with E-state index in [1.807, 2.05) is 31.2 Å². The molecule has 0 aliphatic heterocycles. The molecule has 0 aliphatic carbocycles. The van der Waals surface area contributed by atoms with Crippen LogP contribution in [0.1, 0.15) is 23.0 Å². The van der Waals surface area contributed by atoms with Gasteiger partial charge in [-0.05, 0) is 30.7 Å². The highest BCUT2D eigenvalue weighted by molar-refractivity contribution is 5.89. The number of hydrogen-bond donors (Lipinski definition) is 1. The topological polar surface area (TPSA) is 66.5 Å². The average molecular weight is 274 g/mol. The molecule has 2 aromatic rings. The highest BCUT2D eigenvalue weighted by Crippen LogP contribution is 2.15. The summed E-state index contributed by atoms with van der Waals surface area (Å²) in [5.41, 5.74) is 7.62. The molecule has 0 amide bonds. The van der Waals surface area contributed by atoms with Gasteiger partial charge in [-0.15, -0.1) is 0 Å². The Hall–Kier alpha value is -2.43. The number of carbonyl (C=O) groups is 1. The molecule has 0 atom stereocenters. The first-order valence-electron chi connectivity index (χ1n) is 6.39. The van der Waals surface area contributed by atoms with Gasteiger partial charge in [-0.2, -0.15) is 0 Å². The number of nitrogens with two attached hydrogens (primary N) is 1. The van der Waals surface area contributed by atoms with Gasteiger partial charge in [0.2, 0.25) is 0 Å². The fourth-order valence-corrected chi connectivity index (χ4v) is 1.91. The molecule has 0 fully saturated rings. The van der Waals surface area contributed by atoms with Crippen LogP contribution >= 0.6 is 0 Å². The number of rotatable bonds is 5. The lowest BCUT2D eigenvalue weighted by atomic mass is 10.2. The van der Waals surface area contributed by atoms with Crippen molar-refractivity contribution < 1.29 is 14.3 Å². The fraction of sp³-hybridized carbons (Fsp3) is 0.267. The smallest absolute Gasteiger partial charge is 0.355 e. The van der Waals surface area contributed by atoms with Crippen LogP contribution in [0.3, 0.4) is 0 Å². The van der Waals surface area contributed by atoms with E-state index in [1.54, 1.807) is 23.9 Å². The van der Waals surface area contributed by atoms with E-state index in [0.29, 0.717) is 17.9 Å². The van der Waals surface area contributed by atoms with Crippen molar-refractivity contribution in [3.05, 3.63) is 47.8 Å². The molecule has 5 heteroatoms. The minimum absolute atomic E-state index is 0.220. The van der Waals surface area contributed by atoms with Crippen LogP contribution in [0, 0.1) is 0 Å². The number of aryl methyl sites for hydroxylation is 1. The third-order valence-electron chi connectivity index (χ3n) is 3.00. The standard InChI is InChI=1S/C15H18N2O3/c1-3-17-9-12(16)8-14(17)15(18)20-10-11-4-6-13(19-2)7-5-11/h4-9H,3,10,16H2,1-2H3. The molecule has 1 aromatic heterocycles. The third kappa shape index (κ3) is 3.12. The van der Waals surface area contributed by atoms with Crippen LogP contribution in [-0.4, -0.2) is 17.6 Å². The van der Waals surface area contributed by atoms with E-state index < -0.39 is 0 Å². The Kier molecular flexibility index (Phi) is 4.30. The number of benzene rings is 1. The Morgan fingerprint density at radius 2 is 2.00 bits per heavy atom. The maximum Gasteiger partial charge on any atom is 0.355 e. The van der Waals surface area contributed by atoms with Crippen LogP contribution in [0.5, 0.6) is 5.75 Å². The van der Waals surface area contributed by atoms with Gasteiger partial charge in [0.05, 0.1) is 12.8 Å². The Morgan fingerprint density at radius 1 is 1.30 bits per heavy atom. The van der Waals surface area contributed by atoms with Crippen molar-refractivity contribution in [2.45, 2.75) is 20.1 Å². The molecular weight excluding hydrogens is 256 g/mol. The van der Waals surface area contributed by atoms with E-state index in [0.717, 1.165) is 11.3 Å². The maximum atomic E-state index is 12.0. The second-order valence-corrected chi connectivity index (χ2v) is 4.37. The SMILES string of the molecule is CCn1cc(N)cc1C(=O)OCc1ccc(OC)cc1. The molecule has 0 unspecified atom stereocenters. The van der Waals surface area contributed by atoms with Crippen molar-refractivity contribution in [3.63, 3.8) is 0 Å². The molecule has 2 rings (SSSR count). The second kappa shape index (κ2) is 6.14. The molecule has 0 saturated heterocycles. The highest BCUT2D eigenvalue weighted by Gasteiger charge is 2.13. The van der Waals surface area contributed by atoms with Crippen LogP contribution in [-0.2, 0) is 17.9 Å². The molecule has 1 heterocycles. The second-order valence-electron chi connectivity index (χ2n) is 4.37. The van der Waals surface area contributed by atoms with Gasteiger partial charge in [0.1, 0.15) is 18.1 Å². The lowest BCUT2D eigenvalue weighted by Gasteiger charge is -2.07. The first-order valence-corrected chi connectivity index (χ1v) is 6.39. The molecule has 0 aliphatic rings. The number of nitrogens with zero attached hydrogens (tertiary/aromatic N) is 1. The van der Waals surface area contributed by atoms with Crippen molar-refractivity contribution in [2.75, 3.05) is 12.8 Å². The summed E-state index contributed by atoms with van der Waals surface area (Å²) in [4.78, 5) is 12.0. The Morgan fingerprint density at radius 3 is 2.60 bits per heavy atom. The van der Waals surface area contributed by atoms with E-state index in [-0.39, 0.29) is 12.6 Å². The molecule has 106 valence electrons. The Labute approximate surface area is 117 Å². The molecule has 0 spiro atoms. The monoisotopic (exact) mass is 274 g/mol. The van der Waals surface area contributed by atoms with Crippen molar-refractivity contribution in [1.29, 1.82) is 0 Å². The third-order valence-corrected chi connectivity index (χ3v) is 3.00. The van der Waals surface area contributed by atoms with Crippen LogP contribution < -0.4 is 10.5 Å². The largest absolute Gasteiger partial charge is 0.497 e. The van der Waals surface area contributed by atoms with Crippen LogP contribution in [0.4, 0.5) is 5.69 Å². The summed E-state index contributed by atoms with van der Waals surface area (Å²) in [6.45, 7) is 2.83. The molecule has 2 N–H and O–H groups in total. The number of aromatic nitrogens is 1. The first-order chi connectivity index (χ1) is 9.63. The molecule has 0 saturated carbocycles. The van der Waals surface area contributed by atoms with Crippen LogP contribution in [0.25, 0.3) is 0 Å². The molecule has 0 radical (unpaired) electrons. The number of esters is 1. The maximum absolute atomic E-state index is 12.0. The number of nitrogen functional groups attached to an aromatic ring is 1.